The zero-order valence-electron chi connectivity index (χ0n) is 13.9. The number of aliphatic carboxylic acids is 1. The van der Waals surface area contributed by atoms with E-state index < -0.39 is 12.0 Å². The first kappa shape index (κ1) is 18.4. The number of carboxylic acids is 1. The smallest absolute Gasteiger partial charge is 0.323 e. The van der Waals surface area contributed by atoms with Crippen LogP contribution in [0.25, 0.3) is 0 Å². The molecular formula is C16H21ClN2O5. The van der Waals surface area contributed by atoms with Gasteiger partial charge in [0.25, 0.3) is 0 Å². The molecule has 1 N–H and O–H groups in total. The highest BCUT2D eigenvalue weighted by Gasteiger charge is 2.32. The van der Waals surface area contributed by atoms with Crippen LogP contribution >= 0.6 is 11.6 Å². The number of carbonyl (C=O) groups excluding carboxylic acids is 1. The third-order valence-corrected chi connectivity index (χ3v) is 4.36. The van der Waals surface area contributed by atoms with Crippen LogP contribution in [-0.2, 0) is 16.1 Å². The van der Waals surface area contributed by atoms with Crippen LogP contribution in [0.1, 0.15) is 12.5 Å². The van der Waals surface area contributed by atoms with Crippen molar-refractivity contribution in [2.75, 3.05) is 33.9 Å². The van der Waals surface area contributed by atoms with Gasteiger partial charge in [-0.05, 0) is 24.6 Å². The Labute approximate surface area is 145 Å². The first-order valence-corrected chi connectivity index (χ1v) is 7.90. The predicted octanol–water partition coefficient (Wildman–Crippen LogP) is 1.47. The summed E-state index contributed by atoms with van der Waals surface area (Å²) in [5.41, 5.74) is 0.893. The molecule has 8 heteroatoms. The van der Waals surface area contributed by atoms with Crippen LogP contribution < -0.4 is 9.47 Å². The lowest BCUT2D eigenvalue weighted by molar-refractivity contribution is -0.150. The van der Waals surface area contributed by atoms with Gasteiger partial charge in [0.1, 0.15) is 6.54 Å². The van der Waals surface area contributed by atoms with Crippen molar-refractivity contribution in [1.29, 1.82) is 0 Å². The number of hydrogen-bond acceptors (Lipinski definition) is 5. The van der Waals surface area contributed by atoms with E-state index in [1.54, 1.807) is 13.0 Å². The number of methoxy groups -OCH3 is 2. The molecule has 1 saturated heterocycles. The van der Waals surface area contributed by atoms with Gasteiger partial charge in [0, 0.05) is 19.6 Å². The number of halogens is 1. The molecule has 7 nitrogen and oxygen atoms in total. The number of piperazine rings is 1. The lowest BCUT2D eigenvalue weighted by Crippen LogP contribution is -2.56. The third kappa shape index (κ3) is 3.91. The van der Waals surface area contributed by atoms with E-state index in [0.29, 0.717) is 36.2 Å². The van der Waals surface area contributed by atoms with Crippen molar-refractivity contribution >= 4 is 23.5 Å². The minimum absolute atomic E-state index is 0.185. The second-order valence-electron chi connectivity index (χ2n) is 5.61. The van der Waals surface area contributed by atoms with Crippen molar-refractivity contribution in [2.24, 2.45) is 0 Å². The van der Waals surface area contributed by atoms with Crippen molar-refractivity contribution in [2.45, 2.75) is 19.5 Å². The maximum Gasteiger partial charge on any atom is 0.323 e. The van der Waals surface area contributed by atoms with Gasteiger partial charge >= 0.3 is 5.97 Å². The Kier molecular flexibility index (Phi) is 5.90. The van der Waals surface area contributed by atoms with Crippen LogP contribution in [0.2, 0.25) is 5.02 Å². The summed E-state index contributed by atoms with van der Waals surface area (Å²) in [7, 11) is 3.06. The van der Waals surface area contributed by atoms with Crippen molar-refractivity contribution < 1.29 is 24.2 Å². The molecule has 0 spiro atoms. The van der Waals surface area contributed by atoms with Crippen LogP contribution in [-0.4, -0.2) is 66.7 Å². The van der Waals surface area contributed by atoms with Gasteiger partial charge in [0.15, 0.2) is 11.5 Å². The Hall–Kier alpha value is -1.99. The molecule has 1 atom stereocenters. The van der Waals surface area contributed by atoms with E-state index in [4.69, 9.17) is 26.2 Å². The fourth-order valence-corrected chi connectivity index (χ4v) is 3.12. The highest BCUT2D eigenvalue weighted by atomic mass is 35.5. The van der Waals surface area contributed by atoms with Crippen molar-refractivity contribution in [1.82, 2.24) is 9.80 Å². The van der Waals surface area contributed by atoms with E-state index in [-0.39, 0.29) is 12.5 Å². The van der Waals surface area contributed by atoms with E-state index in [0.717, 1.165) is 5.56 Å². The van der Waals surface area contributed by atoms with Gasteiger partial charge in [-0.2, -0.15) is 0 Å². The van der Waals surface area contributed by atoms with Crippen molar-refractivity contribution in [3.8, 4) is 11.5 Å². The molecule has 2 rings (SSSR count). The monoisotopic (exact) mass is 356 g/mol. The normalized spacial score (nSPS) is 18.6. The summed E-state index contributed by atoms with van der Waals surface area (Å²) in [5, 5.41) is 9.30. The van der Waals surface area contributed by atoms with Crippen LogP contribution in [0.15, 0.2) is 12.1 Å². The molecule has 1 unspecified atom stereocenters. The molecule has 1 aromatic rings. The number of benzene rings is 1. The quantitative estimate of drug-likeness (QED) is 0.831. The fraction of sp³-hybridized carbons (Fsp3) is 0.500. The summed E-state index contributed by atoms with van der Waals surface area (Å²) in [6.45, 7) is 2.99. The topological polar surface area (TPSA) is 79.3 Å². The Bertz CT molecular complexity index is 637. The standard InChI is InChI=1S/C16H21ClN2O5/c1-10-16(22)19(9-14(20)21)5-4-18(10)8-11-6-12(17)15(24-3)13(7-11)23-2/h6-7,10H,4-5,8-9H2,1-3H3,(H,20,21). The number of amides is 1. The Morgan fingerprint density at radius 3 is 2.62 bits per heavy atom. The summed E-state index contributed by atoms with van der Waals surface area (Å²) in [4.78, 5) is 26.5. The van der Waals surface area contributed by atoms with Gasteiger partial charge in [-0.25, -0.2) is 0 Å². The largest absolute Gasteiger partial charge is 0.493 e. The Balaban J connectivity index is 2.13. The van der Waals surface area contributed by atoms with Gasteiger partial charge in [-0.15, -0.1) is 0 Å². The highest BCUT2D eigenvalue weighted by Crippen LogP contribution is 2.36. The molecule has 0 aromatic heterocycles. The number of rotatable bonds is 6. The minimum atomic E-state index is -1.00. The van der Waals surface area contributed by atoms with E-state index >= 15 is 0 Å². The first-order valence-electron chi connectivity index (χ1n) is 7.52. The van der Waals surface area contributed by atoms with E-state index in [1.165, 1.54) is 19.1 Å². The molecule has 132 valence electrons. The number of carbonyl (C=O) groups is 2. The number of carboxylic acid groups (broad SMARTS) is 1. The number of hydrogen-bond donors (Lipinski definition) is 1. The lowest BCUT2D eigenvalue weighted by Gasteiger charge is -2.38. The molecule has 1 fully saturated rings. The van der Waals surface area contributed by atoms with Gasteiger partial charge in [-0.1, -0.05) is 11.6 Å². The fourth-order valence-electron chi connectivity index (χ4n) is 2.81. The molecule has 0 radical (unpaired) electrons. The van der Waals surface area contributed by atoms with Crippen LogP contribution in [0.4, 0.5) is 0 Å². The maximum absolute atomic E-state index is 12.3. The molecule has 0 aliphatic carbocycles. The van der Waals surface area contributed by atoms with E-state index in [2.05, 4.69) is 0 Å². The van der Waals surface area contributed by atoms with Crippen LogP contribution in [0, 0.1) is 0 Å². The minimum Gasteiger partial charge on any atom is -0.493 e. The molecule has 1 aromatic carbocycles. The molecule has 1 aliphatic heterocycles. The second kappa shape index (κ2) is 7.72. The highest BCUT2D eigenvalue weighted by molar-refractivity contribution is 6.32. The lowest BCUT2D eigenvalue weighted by atomic mass is 10.1. The molecule has 1 aliphatic rings. The molecule has 0 bridgehead atoms. The summed E-state index contributed by atoms with van der Waals surface area (Å²) in [6, 6.07) is 3.21. The average Bonchev–Trinajstić information content (AvgIpc) is 2.53. The molecule has 0 saturated carbocycles. The number of ether oxygens (including phenoxy) is 2. The summed E-state index contributed by atoms with van der Waals surface area (Å²) in [5.74, 6) is -0.187. The zero-order chi connectivity index (χ0) is 17.9. The molecule has 24 heavy (non-hydrogen) atoms. The average molecular weight is 357 g/mol. The summed E-state index contributed by atoms with van der Waals surface area (Å²) in [6.07, 6.45) is 0. The van der Waals surface area contributed by atoms with Gasteiger partial charge in [-0.3, -0.25) is 14.5 Å². The SMILES string of the molecule is COc1cc(CN2CCN(CC(=O)O)C(=O)C2C)cc(Cl)c1OC. The third-order valence-electron chi connectivity index (χ3n) is 4.08. The maximum atomic E-state index is 12.3. The summed E-state index contributed by atoms with van der Waals surface area (Å²) >= 11 is 6.21. The van der Waals surface area contributed by atoms with Crippen molar-refractivity contribution in [3.05, 3.63) is 22.7 Å². The first-order chi connectivity index (χ1) is 11.4. The predicted molar refractivity (Wildman–Crippen MR) is 88.6 cm³/mol. The molecule has 1 heterocycles. The van der Waals surface area contributed by atoms with Crippen LogP contribution in [0.3, 0.4) is 0 Å². The Morgan fingerprint density at radius 1 is 1.33 bits per heavy atom. The van der Waals surface area contributed by atoms with Gasteiger partial charge < -0.3 is 19.5 Å². The van der Waals surface area contributed by atoms with Gasteiger partial charge in [0.2, 0.25) is 5.91 Å². The number of nitrogens with zero attached hydrogens (tertiary/aromatic N) is 2. The zero-order valence-corrected chi connectivity index (χ0v) is 14.7. The molecule has 1 amide bonds. The summed E-state index contributed by atoms with van der Waals surface area (Å²) < 4.78 is 10.5. The Morgan fingerprint density at radius 2 is 2.04 bits per heavy atom. The van der Waals surface area contributed by atoms with E-state index in [1.807, 2.05) is 11.0 Å². The van der Waals surface area contributed by atoms with Gasteiger partial charge in [0.05, 0.1) is 25.3 Å². The van der Waals surface area contributed by atoms with E-state index in [9.17, 15) is 9.59 Å². The molecular weight excluding hydrogens is 336 g/mol. The van der Waals surface area contributed by atoms with Crippen molar-refractivity contribution in [3.63, 3.8) is 0 Å². The van der Waals surface area contributed by atoms with Crippen LogP contribution in [0.5, 0.6) is 11.5 Å². The second-order valence-corrected chi connectivity index (χ2v) is 6.02.